The zero-order valence-corrected chi connectivity index (χ0v) is 12.9. The van der Waals surface area contributed by atoms with E-state index in [0.717, 1.165) is 5.56 Å². The zero-order chi connectivity index (χ0) is 15.4. The maximum atomic E-state index is 11.2. The van der Waals surface area contributed by atoms with Crippen molar-refractivity contribution in [1.29, 1.82) is 0 Å². The van der Waals surface area contributed by atoms with E-state index in [-0.39, 0.29) is 10.0 Å². The van der Waals surface area contributed by atoms with Crippen molar-refractivity contribution in [3.63, 3.8) is 0 Å². The van der Waals surface area contributed by atoms with Crippen LogP contribution in [-0.2, 0) is 0 Å². The summed E-state index contributed by atoms with van der Waals surface area (Å²) >= 11 is 12.0. The minimum Gasteiger partial charge on any atom is -0.619 e. The van der Waals surface area contributed by atoms with Gasteiger partial charge in [0.05, 0.1) is 14.2 Å². The molecule has 6 heteroatoms. The predicted molar refractivity (Wildman–Crippen MR) is 81.8 cm³/mol. The number of pyridine rings is 1. The Morgan fingerprint density at radius 3 is 2.29 bits per heavy atom. The second-order valence-corrected chi connectivity index (χ2v) is 4.90. The lowest BCUT2D eigenvalue weighted by Crippen LogP contribution is -2.24. The lowest BCUT2D eigenvalue weighted by atomic mass is 10.1. The first kappa shape index (κ1) is 15.5. The molecule has 0 amide bonds. The van der Waals surface area contributed by atoms with E-state index in [1.807, 2.05) is 6.07 Å². The van der Waals surface area contributed by atoms with E-state index in [4.69, 9.17) is 32.7 Å². The van der Waals surface area contributed by atoms with E-state index in [1.165, 1.54) is 12.4 Å². The summed E-state index contributed by atoms with van der Waals surface area (Å²) in [6.07, 6.45) is 7.13. The minimum absolute atomic E-state index is 0.255. The molecule has 0 spiro atoms. The summed E-state index contributed by atoms with van der Waals surface area (Å²) in [6, 6.07) is 5.36. The van der Waals surface area contributed by atoms with Gasteiger partial charge in [-0.3, -0.25) is 0 Å². The third-order valence-corrected chi connectivity index (χ3v) is 3.36. The molecule has 0 fully saturated rings. The molecule has 0 aliphatic heterocycles. The smallest absolute Gasteiger partial charge is 0.199 e. The molecule has 0 atom stereocenters. The molecule has 1 aromatic carbocycles. The second kappa shape index (κ2) is 6.70. The van der Waals surface area contributed by atoms with Crippen molar-refractivity contribution >= 4 is 29.3 Å². The highest BCUT2D eigenvalue weighted by Gasteiger charge is 2.09. The number of halogens is 2. The minimum atomic E-state index is 0.255. The van der Waals surface area contributed by atoms with Crippen LogP contribution in [0.15, 0.2) is 30.6 Å². The molecule has 0 aliphatic carbocycles. The Labute approximate surface area is 132 Å². The number of hydrogen-bond acceptors (Lipinski definition) is 3. The van der Waals surface area contributed by atoms with Crippen LogP contribution >= 0.6 is 23.2 Å². The van der Waals surface area contributed by atoms with Crippen LogP contribution in [0.4, 0.5) is 0 Å². The highest BCUT2D eigenvalue weighted by atomic mass is 35.5. The molecule has 1 radical (unpaired) electrons. The zero-order valence-electron chi connectivity index (χ0n) is 11.4. The van der Waals surface area contributed by atoms with E-state index in [9.17, 15) is 5.21 Å². The van der Waals surface area contributed by atoms with Gasteiger partial charge in [-0.2, -0.15) is 4.73 Å². The number of benzene rings is 1. The molecule has 1 heterocycles. The van der Waals surface area contributed by atoms with E-state index in [2.05, 4.69) is 6.08 Å². The fourth-order valence-corrected chi connectivity index (χ4v) is 2.29. The lowest BCUT2D eigenvalue weighted by Gasteiger charge is -2.07. The Balaban J connectivity index is 2.34. The van der Waals surface area contributed by atoms with Gasteiger partial charge in [0.15, 0.2) is 23.9 Å². The Morgan fingerprint density at radius 2 is 1.71 bits per heavy atom. The summed E-state index contributed by atoms with van der Waals surface area (Å²) in [7, 11) is 3.13. The number of methoxy groups -OCH3 is 2. The van der Waals surface area contributed by atoms with Gasteiger partial charge in [-0.1, -0.05) is 29.3 Å². The molecule has 1 aromatic heterocycles. The quantitative estimate of drug-likeness (QED) is 0.638. The van der Waals surface area contributed by atoms with Gasteiger partial charge in [-0.05, 0) is 29.8 Å². The number of rotatable bonds is 4. The fraction of sp³-hybridized carbons (Fsp3) is 0.133. The molecular weight excluding hydrogens is 313 g/mol. The number of nitrogens with zero attached hydrogens (tertiary/aromatic N) is 1. The third kappa shape index (κ3) is 3.60. The largest absolute Gasteiger partial charge is 0.619 e. The molecule has 0 unspecified atom stereocenters. The van der Waals surface area contributed by atoms with Crippen molar-refractivity contribution in [2.75, 3.05) is 14.2 Å². The van der Waals surface area contributed by atoms with Gasteiger partial charge in [-0.25, -0.2) is 0 Å². The molecule has 21 heavy (non-hydrogen) atoms. The first-order valence-electron chi connectivity index (χ1n) is 5.94. The van der Waals surface area contributed by atoms with Crippen LogP contribution in [0.5, 0.6) is 11.5 Å². The standard InChI is InChI=1S/C15H12Cl2NO3/c1-20-14-6-4-10(7-15(14)21-2)3-5-11-12(16)8-18(19)9-13(11)17/h4-9H,1-2H3. The van der Waals surface area contributed by atoms with E-state index in [1.54, 1.807) is 32.4 Å². The van der Waals surface area contributed by atoms with Crippen LogP contribution in [0.2, 0.25) is 10.0 Å². The van der Waals surface area contributed by atoms with Crippen LogP contribution < -0.4 is 14.2 Å². The van der Waals surface area contributed by atoms with Gasteiger partial charge < -0.3 is 14.7 Å². The van der Waals surface area contributed by atoms with E-state index >= 15 is 0 Å². The molecule has 2 rings (SSSR count). The summed E-state index contributed by atoms with van der Waals surface area (Å²) in [5, 5.41) is 11.7. The number of ether oxygens (including phenoxy) is 2. The lowest BCUT2D eigenvalue weighted by molar-refractivity contribution is -0.605. The van der Waals surface area contributed by atoms with Gasteiger partial charge >= 0.3 is 0 Å². The third-order valence-electron chi connectivity index (χ3n) is 2.76. The van der Waals surface area contributed by atoms with Gasteiger partial charge in [0, 0.05) is 5.56 Å². The van der Waals surface area contributed by atoms with Crippen molar-refractivity contribution in [3.05, 3.63) is 63.0 Å². The molecule has 0 saturated carbocycles. The average molecular weight is 325 g/mol. The summed E-state index contributed by atoms with van der Waals surface area (Å²) in [5.74, 6) is 1.23. The molecule has 0 N–H and O–H groups in total. The molecule has 0 bridgehead atoms. The summed E-state index contributed by atoms with van der Waals surface area (Å²) in [4.78, 5) is 0. The Hall–Kier alpha value is -1.91. The van der Waals surface area contributed by atoms with Gasteiger partial charge in [0.25, 0.3) is 0 Å². The van der Waals surface area contributed by atoms with Gasteiger partial charge in [-0.15, -0.1) is 0 Å². The maximum Gasteiger partial charge on any atom is 0.199 e. The van der Waals surface area contributed by atoms with Crippen LogP contribution in [0, 0.1) is 11.3 Å². The molecule has 2 aromatic rings. The SMILES string of the molecule is COc1ccc([C]=Cc2c(Cl)c[n+]([O-])cc2Cl)cc1OC. The highest BCUT2D eigenvalue weighted by Crippen LogP contribution is 2.28. The number of hydrogen-bond donors (Lipinski definition) is 0. The van der Waals surface area contributed by atoms with Crippen LogP contribution in [0.25, 0.3) is 6.08 Å². The highest BCUT2D eigenvalue weighted by molar-refractivity contribution is 6.36. The Kier molecular flexibility index (Phi) is 4.94. The topological polar surface area (TPSA) is 45.4 Å². The summed E-state index contributed by atoms with van der Waals surface area (Å²) < 4.78 is 10.9. The Bertz CT molecular complexity index is 664. The molecule has 0 saturated heterocycles. The van der Waals surface area contributed by atoms with E-state index in [0.29, 0.717) is 21.8 Å². The molecule has 4 nitrogen and oxygen atoms in total. The van der Waals surface area contributed by atoms with Crippen molar-refractivity contribution in [1.82, 2.24) is 0 Å². The summed E-state index contributed by atoms with van der Waals surface area (Å²) in [6.45, 7) is 0. The van der Waals surface area contributed by atoms with Crippen molar-refractivity contribution in [2.45, 2.75) is 0 Å². The first-order chi connectivity index (χ1) is 10.0. The summed E-state index contributed by atoms with van der Waals surface area (Å²) in [5.41, 5.74) is 1.29. The van der Waals surface area contributed by atoms with Crippen LogP contribution in [0.1, 0.15) is 11.1 Å². The second-order valence-electron chi connectivity index (χ2n) is 4.09. The van der Waals surface area contributed by atoms with Crippen molar-refractivity contribution in [3.8, 4) is 11.5 Å². The Morgan fingerprint density at radius 1 is 1.10 bits per heavy atom. The molecule has 0 aliphatic rings. The van der Waals surface area contributed by atoms with Crippen LogP contribution in [-0.4, -0.2) is 14.2 Å². The van der Waals surface area contributed by atoms with Gasteiger partial charge in [0.2, 0.25) is 0 Å². The maximum absolute atomic E-state index is 11.2. The monoisotopic (exact) mass is 324 g/mol. The van der Waals surface area contributed by atoms with E-state index < -0.39 is 0 Å². The predicted octanol–water partition coefficient (Wildman–Crippen LogP) is 3.51. The number of aromatic nitrogens is 1. The normalized spacial score (nSPS) is 10.9. The van der Waals surface area contributed by atoms with Crippen molar-refractivity contribution in [2.24, 2.45) is 0 Å². The van der Waals surface area contributed by atoms with Crippen LogP contribution in [0.3, 0.4) is 0 Å². The average Bonchev–Trinajstić information content (AvgIpc) is 2.45. The first-order valence-corrected chi connectivity index (χ1v) is 6.70. The fourth-order valence-electron chi connectivity index (χ4n) is 1.73. The van der Waals surface area contributed by atoms with Gasteiger partial charge in [0.1, 0.15) is 10.0 Å². The van der Waals surface area contributed by atoms with Crippen molar-refractivity contribution < 1.29 is 14.2 Å². The molecule has 109 valence electrons. The molecular formula is C15H12Cl2NO3.